The Morgan fingerprint density at radius 1 is 1.10 bits per heavy atom. The maximum atomic E-state index is 13.7. The lowest BCUT2D eigenvalue weighted by Gasteiger charge is -2.26. The first-order valence-corrected chi connectivity index (χ1v) is 10.2. The van der Waals surface area contributed by atoms with Gasteiger partial charge in [0, 0.05) is 56.8 Å². The number of amidine groups is 1. The van der Waals surface area contributed by atoms with Crippen LogP contribution in [0.1, 0.15) is 12.0 Å². The largest absolute Gasteiger partial charge is 0.497 e. The predicted octanol–water partition coefficient (Wildman–Crippen LogP) is 3.45. The molecule has 0 aliphatic carbocycles. The van der Waals surface area contributed by atoms with Gasteiger partial charge in [0.05, 0.1) is 25.5 Å². The third-order valence-electron chi connectivity index (χ3n) is 5.71. The standard InChI is InChI=1S/C24H27N3O4/c1-25-24-22(20-11-15-7-5-6-8-19(15)26-20)23(28)21(9-10-29-2)27(24)16-12-17(30-3)14-18(13-16)31-4/h5-8,12-14,21,26H,9-11H2,1-4H3. The molecule has 1 fully saturated rings. The van der Waals surface area contributed by atoms with E-state index < -0.39 is 6.04 Å². The fourth-order valence-corrected chi connectivity index (χ4v) is 4.23. The van der Waals surface area contributed by atoms with Gasteiger partial charge in [0.15, 0.2) is 5.78 Å². The highest BCUT2D eigenvalue weighted by Gasteiger charge is 2.44. The molecule has 0 bridgehead atoms. The Kier molecular flexibility index (Phi) is 5.95. The summed E-state index contributed by atoms with van der Waals surface area (Å²) >= 11 is 0. The van der Waals surface area contributed by atoms with E-state index in [1.54, 1.807) is 28.4 Å². The Morgan fingerprint density at radius 2 is 1.81 bits per heavy atom. The van der Waals surface area contributed by atoms with Crippen molar-refractivity contribution in [3.05, 3.63) is 59.3 Å². The second-order valence-electron chi connectivity index (χ2n) is 7.46. The number of benzene rings is 2. The Bertz CT molecular complexity index is 1010. The van der Waals surface area contributed by atoms with Crippen LogP contribution in [0.3, 0.4) is 0 Å². The lowest BCUT2D eigenvalue weighted by atomic mass is 10.0. The first-order valence-electron chi connectivity index (χ1n) is 10.2. The van der Waals surface area contributed by atoms with Crippen LogP contribution in [0.2, 0.25) is 0 Å². The number of fused-ring (bicyclic) bond motifs is 1. The van der Waals surface area contributed by atoms with Crippen LogP contribution in [0.5, 0.6) is 11.5 Å². The number of para-hydroxylation sites is 1. The molecule has 4 rings (SSSR count). The molecule has 0 spiro atoms. The molecule has 2 heterocycles. The number of allylic oxidation sites excluding steroid dienone is 1. The van der Waals surface area contributed by atoms with Gasteiger partial charge in [0.1, 0.15) is 23.4 Å². The van der Waals surface area contributed by atoms with E-state index in [-0.39, 0.29) is 5.78 Å². The zero-order valence-electron chi connectivity index (χ0n) is 18.3. The number of carbonyl (C=O) groups is 1. The first-order chi connectivity index (χ1) is 15.1. The van der Waals surface area contributed by atoms with Crippen LogP contribution in [0.15, 0.2) is 58.7 Å². The number of ketones is 1. The average Bonchev–Trinajstić information content (AvgIpc) is 3.35. The van der Waals surface area contributed by atoms with Crippen molar-refractivity contribution in [2.24, 2.45) is 4.99 Å². The van der Waals surface area contributed by atoms with Gasteiger partial charge in [0.25, 0.3) is 0 Å². The summed E-state index contributed by atoms with van der Waals surface area (Å²) in [6.45, 7) is 0.460. The summed E-state index contributed by atoms with van der Waals surface area (Å²) < 4.78 is 16.2. The molecule has 7 heteroatoms. The average molecular weight is 421 g/mol. The van der Waals surface area contributed by atoms with E-state index >= 15 is 0 Å². The number of aliphatic imine (C=N–C) groups is 1. The highest BCUT2D eigenvalue weighted by molar-refractivity contribution is 6.36. The van der Waals surface area contributed by atoms with Crippen molar-refractivity contribution in [1.29, 1.82) is 0 Å². The summed E-state index contributed by atoms with van der Waals surface area (Å²) in [5.74, 6) is 1.97. The molecule has 1 N–H and O–H groups in total. The maximum absolute atomic E-state index is 13.7. The van der Waals surface area contributed by atoms with Gasteiger partial charge in [-0.3, -0.25) is 9.79 Å². The van der Waals surface area contributed by atoms with Crippen LogP contribution in [0.4, 0.5) is 11.4 Å². The number of ether oxygens (including phenoxy) is 3. The number of carbonyl (C=O) groups excluding carboxylic acids is 1. The summed E-state index contributed by atoms with van der Waals surface area (Å²) in [5, 5.41) is 3.44. The van der Waals surface area contributed by atoms with E-state index in [1.807, 2.05) is 41.3 Å². The molecule has 1 unspecified atom stereocenters. The fourth-order valence-electron chi connectivity index (χ4n) is 4.23. The molecule has 7 nitrogen and oxygen atoms in total. The molecular weight excluding hydrogens is 394 g/mol. The van der Waals surface area contributed by atoms with E-state index in [0.717, 1.165) is 17.1 Å². The SMILES string of the molecule is CN=C1C(=C2Cc3ccccc3N2)C(=O)C(CCOC)N1c1cc(OC)cc(OC)c1. The minimum Gasteiger partial charge on any atom is -0.497 e. The maximum Gasteiger partial charge on any atom is 0.191 e. The van der Waals surface area contributed by atoms with Crippen LogP contribution < -0.4 is 19.7 Å². The lowest BCUT2D eigenvalue weighted by Crippen LogP contribution is -2.36. The van der Waals surface area contributed by atoms with Crippen LogP contribution >= 0.6 is 0 Å². The molecule has 0 aromatic heterocycles. The van der Waals surface area contributed by atoms with Gasteiger partial charge in [-0.2, -0.15) is 0 Å². The zero-order chi connectivity index (χ0) is 22.0. The Hall–Kier alpha value is -3.32. The second-order valence-corrected chi connectivity index (χ2v) is 7.46. The normalized spacial score (nSPS) is 21.4. The quantitative estimate of drug-likeness (QED) is 0.721. The molecule has 1 atom stereocenters. The topological polar surface area (TPSA) is 72.4 Å². The van der Waals surface area contributed by atoms with E-state index in [9.17, 15) is 4.79 Å². The summed E-state index contributed by atoms with van der Waals surface area (Å²) in [4.78, 5) is 20.2. The second kappa shape index (κ2) is 8.81. The number of methoxy groups -OCH3 is 3. The Balaban J connectivity index is 1.83. The van der Waals surface area contributed by atoms with Gasteiger partial charge in [-0.25, -0.2) is 0 Å². The summed E-state index contributed by atoms with van der Waals surface area (Å²) in [6, 6.07) is 13.3. The number of Topliss-reactive ketones (excluding diaryl/α,β-unsaturated/α-hetero) is 1. The van der Waals surface area contributed by atoms with Crippen LogP contribution in [0, 0.1) is 0 Å². The number of hydrogen-bond acceptors (Lipinski definition) is 6. The van der Waals surface area contributed by atoms with Gasteiger partial charge in [-0.15, -0.1) is 0 Å². The molecule has 0 radical (unpaired) electrons. The summed E-state index contributed by atoms with van der Waals surface area (Å²) in [7, 11) is 6.58. The summed E-state index contributed by atoms with van der Waals surface area (Å²) in [6.07, 6.45) is 1.21. The Labute approximate surface area is 182 Å². The van der Waals surface area contributed by atoms with Crippen LogP contribution in [-0.2, 0) is 16.0 Å². The molecule has 31 heavy (non-hydrogen) atoms. The van der Waals surface area contributed by atoms with Gasteiger partial charge < -0.3 is 24.4 Å². The molecule has 0 saturated carbocycles. The highest BCUT2D eigenvalue weighted by Crippen LogP contribution is 2.38. The van der Waals surface area contributed by atoms with Gasteiger partial charge in [-0.05, 0) is 18.1 Å². The molecule has 2 aliphatic rings. The molecule has 1 saturated heterocycles. The van der Waals surface area contributed by atoms with Crippen LogP contribution in [0.25, 0.3) is 0 Å². The Morgan fingerprint density at radius 3 is 2.42 bits per heavy atom. The molecule has 2 aromatic carbocycles. The minimum absolute atomic E-state index is 0.0368. The number of rotatable bonds is 6. The number of anilines is 2. The number of nitrogens with one attached hydrogen (secondary N) is 1. The van der Waals surface area contributed by atoms with Crippen molar-refractivity contribution in [3.63, 3.8) is 0 Å². The number of nitrogens with zero attached hydrogens (tertiary/aromatic N) is 2. The van der Waals surface area contributed by atoms with E-state index in [4.69, 9.17) is 14.2 Å². The fraction of sp³-hybridized carbons (Fsp3) is 0.333. The van der Waals surface area contributed by atoms with Crippen molar-refractivity contribution < 1.29 is 19.0 Å². The molecular formula is C24H27N3O4. The zero-order valence-corrected chi connectivity index (χ0v) is 18.3. The van der Waals surface area contributed by atoms with E-state index in [2.05, 4.69) is 16.4 Å². The smallest absolute Gasteiger partial charge is 0.191 e. The van der Waals surface area contributed by atoms with Crippen LogP contribution in [-0.4, -0.2) is 52.6 Å². The van der Waals surface area contributed by atoms with Crippen molar-refractivity contribution in [3.8, 4) is 11.5 Å². The third kappa shape index (κ3) is 3.77. The number of hydrogen-bond donors (Lipinski definition) is 1. The third-order valence-corrected chi connectivity index (χ3v) is 5.71. The lowest BCUT2D eigenvalue weighted by molar-refractivity contribution is -0.115. The molecule has 2 aromatic rings. The van der Waals surface area contributed by atoms with Crippen molar-refractivity contribution in [2.45, 2.75) is 18.9 Å². The summed E-state index contributed by atoms with van der Waals surface area (Å²) in [5.41, 5.74) is 4.50. The van der Waals surface area contributed by atoms with Crippen molar-refractivity contribution >= 4 is 23.0 Å². The monoisotopic (exact) mass is 421 g/mol. The van der Waals surface area contributed by atoms with Crippen molar-refractivity contribution in [2.75, 3.05) is 45.2 Å². The van der Waals surface area contributed by atoms with Gasteiger partial charge in [-0.1, -0.05) is 18.2 Å². The van der Waals surface area contributed by atoms with Crippen molar-refractivity contribution in [1.82, 2.24) is 0 Å². The predicted molar refractivity (Wildman–Crippen MR) is 121 cm³/mol. The van der Waals surface area contributed by atoms with E-state index in [0.29, 0.717) is 42.4 Å². The van der Waals surface area contributed by atoms with Gasteiger partial charge in [0.2, 0.25) is 0 Å². The molecule has 0 amide bonds. The van der Waals surface area contributed by atoms with E-state index in [1.165, 1.54) is 5.56 Å². The molecule has 162 valence electrons. The minimum atomic E-state index is -0.427. The van der Waals surface area contributed by atoms with Gasteiger partial charge >= 0.3 is 0 Å². The first kappa shape index (κ1) is 20.9. The highest BCUT2D eigenvalue weighted by atomic mass is 16.5. The molecule has 2 aliphatic heterocycles.